The van der Waals surface area contributed by atoms with Crippen molar-refractivity contribution >= 4 is 27.2 Å². The lowest BCUT2D eigenvalue weighted by Gasteiger charge is -2.14. The fourth-order valence-electron chi connectivity index (χ4n) is 3.15. The Morgan fingerprint density at radius 1 is 1.16 bits per heavy atom. The second-order valence-corrected chi connectivity index (χ2v) is 9.95. The monoisotopic (exact) mass is 449 g/mol. The molecule has 0 aliphatic rings. The number of benzene rings is 1. The quantitative estimate of drug-likeness (QED) is 0.270. The van der Waals surface area contributed by atoms with Crippen molar-refractivity contribution in [1.82, 2.24) is 9.78 Å². The van der Waals surface area contributed by atoms with Crippen LogP contribution in [0.15, 0.2) is 17.7 Å². The molecule has 0 spiro atoms. The molecular formula is C21H27N3O6S. The highest BCUT2D eigenvalue weighted by atomic mass is 32.2. The normalized spacial score (nSPS) is 11.5. The molecule has 168 valence electrons. The van der Waals surface area contributed by atoms with Crippen LogP contribution in [0.1, 0.15) is 67.4 Å². The van der Waals surface area contributed by atoms with Crippen LogP contribution in [0.3, 0.4) is 0 Å². The standard InChI is InChI=1S/C21H27N3O6S/c1-11(2)13(5)18-14(6)16(9-10-17(18)24(26)27)20(25)19-15(7)22-23(8)21(19)30-31(28,29)12(3)4/h9-10,12H,1-8H3. The summed E-state index contributed by atoms with van der Waals surface area (Å²) in [4.78, 5) is 24.6. The Labute approximate surface area is 182 Å². The maximum absolute atomic E-state index is 13.5. The number of nitrogens with zero attached hydrogens (tertiary/aromatic N) is 3. The van der Waals surface area contributed by atoms with Gasteiger partial charge in [-0.1, -0.05) is 5.57 Å². The van der Waals surface area contributed by atoms with Crippen molar-refractivity contribution in [2.45, 2.75) is 53.7 Å². The van der Waals surface area contributed by atoms with Crippen molar-refractivity contribution in [2.75, 3.05) is 0 Å². The molecule has 1 heterocycles. The van der Waals surface area contributed by atoms with Crippen molar-refractivity contribution in [3.05, 3.63) is 55.8 Å². The molecule has 0 aliphatic carbocycles. The fraction of sp³-hybridized carbons (Fsp3) is 0.429. The SMILES string of the molecule is CC(C)=C(C)c1c([N+](=O)[O-])ccc(C(=O)c2c(C)nn(C)c2OS(=O)(=O)C(C)C)c1C. The lowest BCUT2D eigenvalue weighted by Crippen LogP contribution is -2.22. The van der Waals surface area contributed by atoms with Crippen LogP contribution < -0.4 is 4.18 Å². The van der Waals surface area contributed by atoms with Gasteiger partial charge in [0.25, 0.3) is 5.69 Å². The number of nitro benzene ring substituents is 1. The second kappa shape index (κ2) is 8.62. The van der Waals surface area contributed by atoms with Crippen molar-refractivity contribution in [3.8, 4) is 5.88 Å². The van der Waals surface area contributed by atoms with Crippen molar-refractivity contribution in [1.29, 1.82) is 0 Å². The molecule has 0 N–H and O–H groups in total. The van der Waals surface area contributed by atoms with Crippen LogP contribution in [0.25, 0.3) is 5.57 Å². The van der Waals surface area contributed by atoms with E-state index in [-0.39, 0.29) is 22.7 Å². The lowest BCUT2D eigenvalue weighted by atomic mass is 9.90. The van der Waals surface area contributed by atoms with Gasteiger partial charge in [-0.2, -0.15) is 13.5 Å². The van der Waals surface area contributed by atoms with Crippen LogP contribution >= 0.6 is 0 Å². The summed E-state index contributed by atoms with van der Waals surface area (Å²) in [5.74, 6) is -0.704. The van der Waals surface area contributed by atoms with E-state index < -0.39 is 26.1 Å². The van der Waals surface area contributed by atoms with Crippen molar-refractivity contribution < 1.29 is 22.3 Å². The molecule has 0 fully saturated rings. The third-order valence-electron chi connectivity index (χ3n) is 5.18. The zero-order chi connectivity index (χ0) is 23.8. The molecule has 1 aromatic heterocycles. The molecular weight excluding hydrogens is 422 g/mol. The number of allylic oxidation sites excluding steroid dienone is 2. The molecule has 2 rings (SSSR count). The van der Waals surface area contributed by atoms with Gasteiger partial charge in [0.05, 0.1) is 21.4 Å². The summed E-state index contributed by atoms with van der Waals surface area (Å²) in [6.07, 6.45) is 0. The van der Waals surface area contributed by atoms with Crippen molar-refractivity contribution in [2.24, 2.45) is 7.05 Å². The number of hydrogen-bond donors (Lipinski definition) is 0. The third-order valence-corrected chi connectivity index (χ3v) is 6.72. The number of ketones is 1. The number of aryl methyl sites for hydroxylation is 2. The number of carbonyl (C=O) groups is 1. The average molecular weight is 450 g/mol. The molecule has 9 nitrogen and oxygen atoms in total. The summed E-state index contributed by atoms with van der Waals surface area (Å²) in [6.45, 7) is 11.6. The van der Waals surface area contributed by atoms with Gasteiger partial charge in [-0.25, -0.2) is 4.68 Å². The van der Waals surface area contributed by atoms with Gasteiger partial charge in [0.15, 0.2) is 0 Å². The first kappa shape index (κ1) is 24.3. The molecule has 0 bridgehead atoms. The van der Waals surface area contributed by atoms with Crippen LogP contribution in [-0.2, 0) is 17.2 Å². The lowest BCUT2D eigenvalue weighted by molar-refractivity contribution is -0.385. The van der Waals surface area contributed by atoms with E-state index in [1.54, 1.807) is 20.8 Å². The number of hydrogen-bond acceptors (Lipinski definition) is 7. The predicted molar refractivity (Wildman–Crippen MR) is 118 cm³/mol. The Balaban J connectivity index is 2.76. The maximum atomic E-state index is 13.5. The Morgan fingerprint density at radius 3 is 2.23 bits per heavy atom. The van der Waals surface area contributed by atoms with E-state index in [4.69, 9.17) is 4.18 Å². The number of rotatable bonds is 7. The molecule has 31 heavy (non-hydrogen) atoms. The maximum Gasteiger partial charge on any atom is 0.313 e. The molecule has 1 aromatic carbocycles. The van der Waals surface area contributed by atoms with Crippen molar-refractivity contribution in [3.63, 3.8) is 0 Å². The topological polar surface area (TPSA) is 121 Å². The van der Waals surface area contributed by atoms with Crippen LogP contribution in [0.4, 0.5) is 5.69 Å². The van der Waals surface area contributed by atoms with Gasteiger partial charge < -0.3 is 4.18 Å². The molecule has 0 aliphatic heterocycles. The summed E-state index contributed by atoms with van der Waals surface area (Å²) >= 11 is 0. The first-order valence-electron chi connectivity index (χ1n) is 9.64. The molecule has 0 atom stereocenters. The van der Waals surface area contributed by atoms with E-state index in [1.807, 2.05) is 13.8 Å². The fourth-order valence-corrected chi connectivity index (χ4v) is 3.76. The van der Waals surface area contributed by atoms with E-state index in [2.05, 4.69) is 5.10 Å². The summed E-state index contributed by atoms with van der Waals surface area (Å²) in [6, 6.07) is 2.67. The molecule has 0 radical (unpaired) electrons. The van der Waals surface area contributed by atoms with Crippen LogP contribution in [0.2, 0.25) is 0 Å². The highest BCUT2D eigenvalue weighted by Crippen LogP contribution is 2.35. The second-order valence-electron chi connectivity index (χ2n) is 7.86. The van der Waals surface area contributed by atoms with Crippen LogP contribution in [-0.4, -0.2) is 34.2 Å². The zero-order valence-electron chi connectivity index (χ0n) is 18.9. The minimum Gasteiger partial charge on any atom is -0.361 e. The molecule has 2 aromatic rings. The van der Waals surface area contributed by atoms with Gasteiger partial charge >= 0.3 is 10.1 Å². The Hall–Kier alpha value is -3.01. The first-order chi connectivity index (χ1) is 14.2. The smallest absolute Gasteiger partial charge is 0.313 e. The Kier molecular flexibility index (Phi) is 6.75. The van der Waals surface area contributed by atoms with Crippen LogP contribution in [0.5, 0.6) is 5.88 Å². The van der Waals surface area contributed by atoms with E-state index >= 15 is 0 Å². The van der Waals surface area contributed by atoms with Gasteiger partial charge in [-0.3, -0.25) is 14.9 Å². The van der Waals surface area contributed by atoms with Gasteiger partial charge in [0.2, 0.25) is 11.7 Å². The molecule has 0 amide bonds. The summed E-state index contributed by atoms with van der Waals surface area (Å²) < 4.78 is 31.1. The minimum atomic E-state index is -3.97. The number of aromatic nitrogens is 2. The van der Waals surface area contributed by atoms with E-state index in [0.29, 0.717) is 22.4 Å². The molecule has 10 heteroatoms. The molecule has 0 saturated carbocycles. The van der Waals surface area contributed by atoms with Crippen LogP contribution in [0, 0.1) is 24.0 Å². The minimum absolute atomic E-state index is 0.00415. The average Bonchev–Trinajstić information content (AvgIpc) is 2.92. The van der Waals surface area contributed by atoms with Gasteiger partial charge in [0, 0.05) is 18.7 Å². The molecule has 0 unspecified atom stereocenters. The highest BCUT2D eigenvalue weighted by Gasteiger charge is 2.31. The summed E-state index contributed by atoms with van der Waals surface area (Å²) in [5.41, 5.74) is 2.78. The van der Waals surface area contributed by atoms with Gasteiger partial charge in [-0.15, -0.1) is 0 Å². The number of nitro groups is 1. The zero-order valence-corrected chi connectivity index (χ0v) is 19.7. The predicted octanol–water partition coefficient (Wildman–Crippen LogP) is 4.11. The summed E-state index contributed by atoms with van der Waals surface area (Å²) in [5, 5.41) is 14.9. The first-order valence-corrected chi connectivity index (χ1v) is 11.1. The van der Waals surface area contributed by atoms with E-state index in [0.717, 1.165) is 5.57 Å². The molecule has 0 saturated heterocycles. The highest BCUT2D eigenvalue weighted by molar-refractivity contribution is 7.87. The van der Waals surface area contributed by atoms with E-state index in [9.17, 15) is 23.3 Å². The van der Waals surface area contributed by atoms with E-state index in [1.165, 1.54) is 37.7 Å². The summed E-state index contributed by atoms with van der Waals surface area (Å²) in [7, 11) is -2.49. The van der Waals surface area contributed by atoms with Gasteiger partial charge in [-0.05, 0) is 65.7 Å². The third kappa shape index (κ3) is 4.53. The Morgan fingerprint density at radius 2 is 1.74 bits per heavy atom. The Bertz CT molecular complexity index is 1200. The number of carbonyl (C=O) groups excluding carboxylic acids is 1. The van der Waals surface area contributed by atoms with Gasteiger partial charge in [0.1, 0.15) is 5.56 Å². The largest absolute Gasteiger partial charge is 0.361 e.